The number of hydrogen-bond acceptors (Lipinski definition) is 5. The third-order valence-corrected chi connectivity index (χ3v) is 5.14. The SMILES string of the molecule is COc1ccc(OC)c(C2CCN(C(=O)Cn3nc(C)c(C)cc3=O)C2)c1. The minimum atomic E-state index is -0.253. The molecule has 144 valence electrons. The second kappa shape index (κ2) is 7.82. The van der Waals surface area contributed by atoms with Crippen LogP contribution in [0.3, 0.4) is 0 Å². The number of nitrogens with zero attached hydrogens (tertiary/aromatic N) is 3. The lowest BCUT2D eigenvalue weighted by Crippen LogP contribution is -2.36. The Morgan fingerprint density at radius 2 is 2.00 bits per heavy atom. The van der Waals surface area contributed by atoms with Crippen molar-refractivity contribution in [2.45, 2.75) is 32.7 Å². The summed E-state index contributed by atoms with van der Waals surface area (Å²) in [6.07, 6.45) is 0.838. The number of ether oxygens (including phenoxy) is 2. The first-order valence-corrected chi connectivity index (χ1v) is 8.98. The van der Waals surface area contributed by atoms with Crippen molar-refractivity contribution in [3.8, 4) is 11.5 Å². The predicted molar refractivity (Wildman–Crippen MR) is 101 cm³/mol. The van der Waals surface area contributed by atoms with Gasteiger partial charge in [0.1, 0.15) is 18.0 Å². The van der Waals surface area contributed by atoms with Crippen molar-refractivity contribution >= 4 is 5.91 Å². The van der Waals surface area contributed by atoms with Crippen molar-refractivity contribution in [3.63, 3.8) is 0 Å². The van der Waals surface area contributed by atoms with Crippen LogP contribution in [0.5, 0.6) is 11.5 Å². The topological polar surface area (TPSA) is 73.7 Å². The van der Waals surface area contributed by atoms with E-state index in [1.165, 1.54) is 10.7 Å². The normalized spacial score (nSPS) is 16.4. The molecule has 1 aromatic carbocycles. The molecule has 7 heteroatoms. The van der Waals surface area contributed by atoms with Crippen molar-refractivity contribution in [2.24, 2.45) is 0 Å². The Kier molecular flexibility index (Phi) is 5.48. The van der Waals surface area contributed by atoms with Gasteiger partial charge in [0, 0.05) is 30.6 Å². The summed E-state index contributed by atoms with van der Waals surface area (Å²) in [5.74, 6) is 1.63. The van der Waals surface area contributed by atoms with Gasteiger partial charge in [-0.3, -0.25) is 9.59 Å². The monoisotopic (exact) mass is 371 g/mol. The molecule has 2 heterocycles. The van der Waals surface area contributed by atoms with Gasteiger partial charge in [0.2, 0.25) is 5.91 Å². The summed E-state index contributed by atoms with van der Waals surface area (Å²) in [6.45, 7) is 4.85. The van der Waals surface area contributed by atoms with E-state index in [0.29, 0.717) is 13.1 Å². The molecule has 1 aromatic heterocycles. The fourth-order valence-corrected chi connectivity index (χ4v) is 3.41. The van der Waals surface area contributed by atoms with Gasteiger partial charge in [0.25, 0.3) is 5.56 Å². The van der Waals surface area contributed by atoms with Crippen LogP contribution in [-0.2, 0) is 11.3 Å². The van der Waals surface area contributed by atoms with Gasteiger partial charge in [-0.2, -0.15) is 5.10 Å². The molecule has 3 rings (SSSR count). The van der Waals surface area contributed by atoms with Crippen LogP contribution >= 0.6 is 0 Å². The number of benzene rings is 1. The average molecular weight is 371 g/mol. The van der Waals surface area contributed by atoms with E-state index in [9.17, 15) is 9.59 Å². The Bertz CT molecular complexity index is 907. The fourth-order valence-electron chi connectivity index (χ4n) is 3.41. The van der Waals surface area contributed by atoms with Crippen LogP contribution in [0.4, 0.5) is 0 Å². The van der Waals surface area contributed by atoms with Gasteiger partial charge in [-0.15, -0.1) is 0 Å². The zero-order valence-corrected chi connectivity index (χ0v) is 16.2. The van der Waals surface area contributed by atoms with Gasteiger partial charge in [-0.05, 0) is 44.0 Å². The highest BCUT2D eigenvalue weighted by atomic mass is 16.5. The van der Waals surface area contributed by atoms with Gasteiger partial charge < -0.3 is 14.4 Å². The quantitative estimate of drug-likeness (QED) is 0.803. The number of carbonyl (C=O) groups excluding carboxylic acids is 1. The first-order valence-electron chi connectivity index (χ1n) is 8.98. The van der Waals surface area contributed by atoms with Crippen molar-refractivity contribution in [1.82, 2.24) is 14.7 Å². The highest BCUT2D eigenvalue weighted by molar-refractivity contribution is 5.76. The van der Waals surface area contributed by atoms with Gasteiger partial charge in [-0.1, -0.05) is 0 Å². The second-order valence-electron chi connectivity index (χ2n) is 6.84. The summed E-state index contributed by atoms with van der Waals surface area (Å²) >= 11 is 0. The van der Waals surface area contributed by atoms with Gasteiger partial charge >= 0.3 is 0 Å². The van der Waals surface area contributed by atoms with Crippen LogP contribution in [0.2, 0.25) is 0 Å². The van der Waals surface area contributed by atoms with E-state index in [1.807, 2.05) is 32.0 Å². The van der Waals surface area contributed by atoms with E-state index in [4.69, 9.17) is 9.47 Å². The van der Waals surface area contributed by atoms with Gasteiger partial charge in [0.05, 0.1) is 19.9 Å². The maximum Gasteiger partial charge on any atom is 0.267 e. The molecule has 1 amide bonds. The summed E-state index contributed by atoms with van der Waals surface area (Å²) in [4.78, 5) is 26.6. The summed E-state index contributed by atoms with van der Waals surface area (Å²) in [6, 6.07) is 7.23. The van der Waals surface area contributed by atoms with Crippen LogP contribution in [0.1, 0.15) is 29.2 Å². The molecular formula is C20H25N3O4. The van der Waals surface area contributed by atoms with E-state index < -0.39 is 0 Å². The molecule has 2 aromatic rings. The number of hydrogen-bond donors (Lipinski definition) is 0. The number of methoxy groups -OCH3 is 2. The van der Waals surface area contributed by atoms with Crippen LogP contribution in [0.15, 0.2) is 29.1 Å². The van der Waals surface area contributed by atoms with Crippen LogP contribution in [-0.4, -0.2) is 47.9 Å². The summed E-state index contributed by atoms with van der Waals surface area (Å²) in [5.41, 5.74) is 2.36. The molecule has 1 aliphatic rings. The summed E-state index contributed by atoms with van der Waals surface area (Å²) in [7, 11) is 3.27. The van der Waals surface area contributed by atoms with Crippen molar-refractivity contribution in [2.75, 3.05) is 27.3 Å². The molecular weight excluding hydrogens is 346 g/mol. The lowest BCUT2D eigenvalue weighted by molar-refractivity contribution is -0.131. The molecule has 0 N–H and O–H groups in total. The number of carbonyl (C=O) groups is 1. The van der Waals surface area contributed by atoms with Gasteiger partial charge in [-0.25, -0.2) is 4.68 Å². The van der Waals surface area contributed by atoms with E-state index in [0.717, 1.165) is 34.7 Å². The molecule has 0 aliphatic carbocycles. The molecule has 1 fully saturated rings. The first kappa shape index (κ1) is 18.9. The Hall–Kier alpha value is -2.83. The molecule has 0 bridgehead atoms. The predicted octanol–water partition coefficient (Wildman–Crippen LogP) is 1.89. The van der Waals surface area contributed by atoms with E-state index in [1.54, 1.807) is 19.1 Å². The van der Waals surface area contributed by atoms with Crippen LogP contribution < -0.4 is 15.0 Å². The van der Waals surface area contributed by atoms with Crippen LogP contribution in [0, 0.1) is 13.8 Å². The lowest BCUT2D eigenvalue weighted by Gasteiger charge is -2.19. The van der Waals surface area contributed by atoms with Crippen LogP contribution in [0.25, 0.3) is 0 Å². The number of likely N-dealkylation sites (tertiary alicyclic amines) is 1. The molecule has 7 nitrogen and oxygen atoms in total. The largest absolute Gasteiger partial charge is 0.497 e. The smallest absolute Gasteiger partial charge is 0.267 e. The number of rotatable bonds is 5. The minimum absolute atomic E-state index is 0.0398. The zero-order valence-electron chi connectivity index (χ0n) is 16.2. The highest BCUT2D eigenvalue weighted by Gasteiger charge is 2.29. The van der Waals surface area contributed by atoms with Crippen molar-refractivity contribution in [1.29, 1.82) is 0 Å². The van der Waals surface area contributed by atoms with Gasteiger partial charge in [0.15, 0.2) is 0 Å². The Morgan fingerprint density at radius 3 is 2.70 bits per heavy atom. The maximum atomic E-state index is 12.7. The lowest BCUT2D eigenvalue weighted by atomic mass is 9.97. The average Bonchev–Trinajstić information content (AvgIpc) is 3.15. The fraction of sp³-hybridized carbons (Fsp3) is 0.450. The standard InChI is InChI=1S/C20H25N3O4/c1-13-9-19(24)23(21-14(13)2)12-20(25)22-8-7-15(11-22)17-10-16(26-3)5-6-18(17)27-4/h5-6,9-10,15H,7-8,11-12H2,1-4H3. The summed E-state index contributed by atoms with van der Waals surface area (Å²) < 4.78 is 12.0. The number of aryl methyl sites for hydroxylation is 2. The Morgan fingerprint density at radius 1 is 1.22 bits per heavy atom. The highest BCUT2D eigenvalue weighted by Crippen LogP contribution is 2.36. The molecule has 1 unspecified atom stereocenters. The van der Waals surface area contributed by atoms with E-state index >= 15 is 0 Å². The van der Waals surface area contributed by atoms with Crippen molar-refractivity contribution < 1.29 is 14.3 Å². The molecule has 27 heavy (non-hydrogen) atoms. The van der Waals surface area contributed by atoms with E-state index in [2.05, 4.69) is 5.10 Å². The maximum absolute atomic E-state index is 12.7. The molecule has 1 saturated heterocycles. The summed E-state index contributed by atoms with van der Waals surface area (Å²) in [5, 5.41) is 4.23. The number of aromatic nitrogens is 2. The molecule has 0 saturated carbocycles. The molecule has 1 atom stereocenters. The molecule has 0 radical (unpaired) electrons. The third kappa shape index (κ3) is 3.97. The van der Waals surface area contributed by atoms with E-state index in [-0.39, 0.29) is 23.9 Å². The third-order valence-electron chi connectivity index (χ3n) is 5.14. The minimum Gasteiger partial charge on any atom is -0.497 e. The number of amides is 1. The Labute approximate surface area is 158 Å². The zero-order chi connectivity index (χ0) is 19.6. The molecule has 0 spiro atoms. The second-order valence-corrected chi connectivity index (χ2v) is 6.84. The molecule has 1 aliphatic heterocycles. The first-order chi connectivity index (χ1) is 12.9. The van der Waals surface area contributed by atoms with Crippen molar-refractivity contribution in [3.05, 3.63) is 51.4 Å². The Balaban J connectivity index is 1.74.